The van der Waals surface area contributed by atoms with Crippen molar-refractivity contribution in [3.8, 4) is 12.1 Å². The predicted octanol–water partition coefficient (Wildman–Crippen LogP) is 4.09. The summed E-state index contributed by atoms with van der Waals surface area (Å²) in [5.74, 6) is -0.885. The van der Waals surface area contributed by atoms with Crippen LogP contribution in [0.2, 0.25) is 0 Å². The molecule has 0 fully saturated rings. The number of amides is 1. The summed E-state index contributed by atoms with van der Waals surface area (Å²) in [7, 11) is 0. The SMILES string of the molecule is CSC(=Nc1ccc(NC(=O)OC(C)(C)C)cc1)C(C#N)C#N. The maximum absolute atomic E-state index is 11.7. The number of nitrogens with zero attached hydrogens (tertiary/aromatic N) is 3. The number of carbonyl (C=O) groups excluding carboxylic acids is 1. The third-order valence-corrected chi connectivity index (χ3v) is 3.21. The second-order valence-electron chi connectivity index (χ2n) is 5.52. The molecule has 0 bridgehead atoms. The molecule has 1 aromatic carbocycles. The van der Waals surface area contributed by atoms with Gasteiger partial charge in [-0.2, -0.15) is 10.5 Å². The molecule has 0 aliphatic heterocycles. The Bertz CT molecular complexity index is 649. The molecule has 1 amide bonds. The number of nitrogens with one attached hydrogen (secondary N) is 1. The van der Waals surface area contributed by atoms with Crippen molar-refractivity contribution in [1.82, 2.24) is 0 Å². The minimum Gasteiger partial charge on any atom is -0.444 e. The summed E-state index contributed by atoms with van der Waals surface area (Å²) in [5.41, 5.74) is 0.603. The van der Waals surface area contributed by atoms with Gasteiger partial charge in [0.05, 0.1) is 17.8 Å². The van der Waals surface area contributed by atoms with E-state index in [0.29, 0.717) is 16.4 Å². The van der Waals surface area contributed by atoms with E-state index in [-0.39, 0.29) is 0 Å². The lowest BCUT2D eigenvalue weighted by Crippen LogP contribution is -2.27. The van der Waals surface area contributed by atoms with Gasteiger partial charge in [-0.3, -0.25) is 5.32 Å². The molecule has 6 nitrogen and oxygen atoms in total. The Labute approximate surface area is 140 Å². The summed E-state index contributed by atoms with van der Waals surface area (Å²) in [6.45, 7) is 5.36. The fraction of sp³-hybridized carbons (Fsp3) is 0.375. The molecule has 0 spiro atoms. The monoisotopic (exact) mass is 330 g/mol. The van der Waals surface area contributed by atoms with Gasteiger partial charge in [-0.25, -0.2) is 9.79 Å². The molecule has 23 heavy (non-hydrogen) atoms. The van der Waals surface area contributed by atoms with Crippen molar-refractivity contribution in [2.45, 2.75) is 26.4 Å². The van der Waals surface area contributed by atoms with Crippen LogP contribution in [0.25, 0.3) is 0 Å². The van der Waals surface area contributed by atoms with Gasteiger partial charge < -0.3 is 4.74 Å². The van der Waals surface area contributed by atoms with E-state index in [2.05, 4.69) is 10.3 Å². The van der Waals surface area contributed by atoms with E-state index in [0.717, 1.165) is 0 Å². The average Bonchev–Trinajstić information content (AvgIpc) is 2.47. The van der Waals surface area contributed by atoms with Crippen LogP contribution in [0.5, 0.6) is 0 Å². The van der Waals surface area contributed by atoms with Gasteiger partial charge in [0, 0.05) is 5.69 Å². The zero-order valence-electron chi connectivity index (χ0n) is 13.5. The first-order chi connectivity index (χ1) is 10.8. The number of rotatable bonds is 3. The van der Waals surface area contributed by atoms with Gasteiger partial charge in [-0.1, -0.05) is 0 Å². The van der Waals surface area contributed by atoms with Crippen LogP contribution in [0.3, 0.4) is 0 Å². The smallest absolute Gasteiger partial charge is 0.412 e. The number of carbonyl (C=O) groups is 1. The fourth-order valence-corrected chi connectivity index (χ4v) is 2.07. The van der Waals surface area contributed by atoms with Crippen LogP contribution < -0.4 is 5.32 Å². The third-order valence-electron chi connectivity index (χ3n) is 2.47. The van der Waals surface area contributed by atoms with E-state index in [1.165, 1.54) is 11.8 Å². The quantitative estimate of drug-likeness (QED) is 0.665. The van der Waals surface area contributed by atoms with Gasteiger partial charge in [-0.15, -0.1) is 11.8 Å². The predicted molar refractivity (Wildman–Crippen MR) is 91.6 cm³/mol. The van der Waals surface area contributed by atoms with E-state index in [4.69, 9.17) is 15.3 Å². The van der Waals surface area contributed by atoms with Crippen LogP contribution in [0.1, 0.15) is 20.8 Å². The largest absolute Gasteiger partial charge is 0.444 e. The number of benzene rings is 1. The first kappa shape index (κ1) is 18.5. The summed E-state index contributed by atoms with van der Waals surface area (Å²) >= 11 is 1.26. The van der Waals surface area contributed by atoms with Crippen molar-refractivity contribution in [2.75, 3.05) is 11.6 Å². The van der Waals surface area contributed by atoms with Crippen molar-refractivity contribution in [2.24, 2.45) is 10.9 Å². The van der Waals surface area contributed by atoms with Crippen LogP contribution in [0, 0.1) is 28.6 Å². The summed E-state index contributed by atoms with van der Waals surface area (Å²) in [6, 6.07) is 10.5. The Morgan fingerprint density at radius 3 is 2.26 bits per heavy atom. The molecule has 0 aliphatic carbocycles. The Morgan fingerprint density at radius 2 is 1.83 bits per heavy atom. The number of thioether (sulfide) groups is 1. The second kappa shape index (κ2) is 8.21. The molecule has 0 unspecified atom stereocenters. The van der Waals surface area contributed by atoms with E-state index in [1.807, 2.05) is 12.1 Å². The molecule has 0 aliphatic rings. The van der Waals surface area contributed by atoms with Crippen LogP contribution >= 0.6 is 11.8 Å². The summed E-state index contributed by atoms with van der Waals surface area (Å²) < 4.78 is 5.16. The molecular weight excluding hydrogens is 312 g/mol. The highest BCUT2D eigenvalue weighted by atomic mass is 32.2. The van der Waals surface area contributed by atoms with E-state index in [1.54, 1.807) is 51.3 Å². The zero-order valence-corrected chi connectivity index (χ0v) is 14.3. The van der Waals surface area contributed by atoms with E-state index >= 15 is 0 Å². The Morgan fingerprint density at radius 1 is 1.26 bits per heavy atom. The van der Waals surface area contributed by atoms with E-state index < -0.39 is 17.6 Å². The van der Waals surface area contributed by atoms with Gasteiger partial charge in [0.1, 0.15) is 10.6 Å². The van der Waals surface area contributed by atoms with Gasteiger partial charge >= 0.3 is 6.09 Å². The van der Waals surface area contributed by atoms with Crippen LogP contribution in [0.4, 0.5) is 16.2 Å². The number of ether oxygens (including phenoxy) is 1. The molecular formula is C16H18N4O2S. The van der Waals surface area contributed by atoms with Crippen molar-refractivity contribution in [3.63, 3.8) is 0 Å². The van der Waals surface area contributed by atoms with Crippen molar-refractivity contribution in [1.29, 1.82) is 10.5 Å². The first-order valence-electron chi connectivity index (χ1n) is 6.81. The van der Waals surface area contributed by atoms with Crippen molar-refractivity contribution in [3.05, 3.63) is 24.3 Å². The number of anilines is 1. The Hall–Kier alpha value is -2.51. The number of nitriles is 2. The molecule has 0 saturated heterocycles. The highest BCUT2D eigenvalue weighted by molar-refractivity contribution is 8.13. The molecule has 1 N–H and O–H groups in total. The van der Waals surface area contributed by atoms with Crippen LogP contribution in [-0.4, -0.2) is 23.0 Å². The molecule has 0 heterocycles. The van der Waals surface area contributed by atoms with Crippen LogP contribution in [-0.2, 0) is 4.74 Å². The highest BCUT2D eigenvalue weighted by Crippen LogP contribution is 2.21. The zero-order chi connectivity index (χ0) is 17.5. The lowest BCUT2D eigenvalue weighted by molar-refractivity contribution is 0.0636. The van der Waals surface area contributed by atoms with Gasteiger partial charge in [-0.05, 0) is 51.3 Å². The molecule has 1 rings (SSSR count). The van der Waals surface area contributed by atoms with Crippen LogP contribution in [0.15, 0.2) is 29.3 Å². The summed E-state index contributed by atoms with van der Waals surface area (Å²) in [6.07, 6.45) is 1.23. The normalized spacial score (nSPS) is 11.5. The van der Waals surface area contributed by atoms with Crippen molar-refractivity contribution >= 4 is 34.3 Å². The molecule has 0 atom stereocenters. The minimum atomic E-state index is -0.885. The first-order valence-corrected chi connectivity index (χ1v) is 8.03. The van der Waals surface area contributed by atoms with Gasteiger partial charge in [0.15, 0.2) is 5.92 Å². The molecule has 0 saturated carbocycles. The summed E-state index contributed by atoms with van der Waals surface area (Å²) in [5, 5.41) is 20.9. The standard InChI is InChI=1S/C16H18N4O2S/c1-16(2,3)22-15(21)20-13-7-5-12(6-8-13)19-14(23-4)11(9-17)10-18/h5-8,11H,1-4H3,(H,20,21). The molecule has 7 heteroatoms. The average molecular weight is 330 g/mol. The molecule has 120 valence electrons. The lowest BCUT2D eigenvalue weighted by Gasteiger charge is -2.19. The number of hydrogen-bond acceptors (Lipinski definition) is 6. The van der Waals surface area contributed by atoms with Crippen molar-refractivity contribution < 1.29 is 9.53 Å². The maximum Gasteiger partial charge on any atom is 0.412 e. The topological polar surface area (TPSA) is 98.3 Å². The minimum absolute atomic E-state index is 0.433. The third kappa shape index (κ3) is 6.41. The second-order valence-corrected chi connectivity index (χ2v) is 6.35. The molecule has 1 aromatic rings. The fourth-order valence-electron chi connectivity index (χ4n) is 1.54. The summed E-state index contributed by atoms with van der Waals surface area (Å²) in [4.78, 5) is 16.0. The van der Waals surface area contributed by atoms with Gasteiger partial charge in [0.25, 0.3) is 0 Å². The van der Waals surface area contributed by atoms with Gasteiger partial charge in [0.2, 0.25) is 0 Å². The molecule has 0 radical (unpaired) electrons. The maximum atomic E-state index is 11.7. The Balaban J connectivity index is 2.83. The number of hydrogen-bond donors (Lipinski definition) is 1. The highest BCUT2D eigenvalue weighted by Gasteiger charge is 2.16. The Kier molecular flexibility index (Phi) is 6.62. The number of aliphatic imine (C=N–C) groups is 1. The molecule has 0 aromatic heterocycles. The van der Waals surface area contributed by atoms with E-state index in [9.17, 15) is 4.79 Å². The lowest BCUT2D eigenvalue weighted by atomic mass is 10.2.